The summed E-state index contributed by atoms with van der Waals surface area (Å²) >= 11 is 6.06. The minimum absolute atomic E-state index is 0.219. The number of aliphatic hydroxyl groups excluding tert-OH is 1. The van der Waals surface area contributed by atoms with Gasteiger partial charge in [-0.1, -0.05) is 11.6 Å². The van der Waals surface area contributed by atoms with E-state index in [-0.39, 0.29) is 6.03 Å². The number of carbonyl (C=O) groups excluding carboxylic acids is 1. The van der Waals surface area contributed by atoms with E-state index >= 15 is 0 Å². The highest BCUT2D eigenvalue weighted by Gasteiger charge is 2.24. The van der Waals surface area contributed by atoms with Crippen molar-refractivity contribution in [1.82, 2.24) is 4.90 Å². The van der Waals surface area contributed by atoms with Crippen LogP contribution in [0.25, 0.3) is 0 Å². The third-order valence-electron chi connectivity index (χ3n) is 3.67. The van der Waals surface area contributed by atoms with E-state index < -0.39 is 6.10 Å². The molecule has 0 saturated carbocycles. The first kappa shape index (κ1) is 13.5. The van der Waals surface area contributed by atoms with Crippen LogP contribution in [0.4, 0.5) is 10.5 Å². The molecular formula is C14H17ClN2O3. The van der Waals surface area contributed by atoms with Gasteiger partial charge < -0.3 is 20.1 Å². The van der Waals surface area contributed by atoms with E-state index in [0.29, 0.717) is 36.2 Å². The van der Waals surface area contributed by atoms with E-state index in [1.54, 1.807) is 11.0 Å². The second kappa shape index (κ2) is 5.50. The minimum Gasteiger partial charge on any atom is -0.491 e. The van der Waals surface area contributed by atoms with E-state index in [2.05, 4.69) is 5.32 Å². The zero-order valence-electron chi connectivity index (χ0n) is 11.1. The fourth-order valence-corrected chi connectivity index (χ4v) is 2.94. The molecule has 20 heavy (non-hydrogen) atoms. The zero-order chi connectivity index (χ0) is 14.1. The lowest BCUT2D eigenvalue weighted by Gasteiger charge is -2.30. The highest BCUT2D eigenvalue weighted by Crippen LogP contribution is 2.36. The normalized spacial score (nSPS) is 21.3. The molecule has 0 aromatic heterocycles. The fourth-order valence-electron chi connectivity index (χ4n) is 2.70. The first-order valence-corrected chi connectivity index (χ1v) is 7.20. The maximum Gasteiger partial charge on any atom is 0.322 e. The molecule has 1 atom stereocenters. The van der Waals surface area contributed by atoms with Gasteiger partial charge in [0.15, 0.2) is 0 Å². The molecule has 0 bridgehead atoms. The highest BCUT2D eigenvalue weighted by molar-refractivity contribution is 6.31. The lowest BCUT2D eigenvalue weighted by molar-refractivity contribution is 0.0883. The number of piperidine rings is 1. The van der Waals surface area contributed by atoms with E-state index in [4.69, 9.17) is 16.3 Å². The van der Waals surface area contributed by atoms with Crippen molar-refractivity contribution in [3.05, 3.63) is 22.7 Å². The van der Waals surface area contributed by atoms with Crippen LogP contribution in [0.5, 0.6) is 5.75 Å². The first-order chi connectivity index (χ1) is 9.63. The molecule has 2 heterocycles. The number of amides is 2. The number of aliphatic hydroxyl groups is 1. The number of β-amino-alcohol motifs (C(OH)–C–C–N with tert-alkyl or cyclic N) is 1. The molecule has 1 saturated heterocycles. The van der Waals surface area contributed by atoms with Crippen LogP contribution < -0.4 is 10.1 Å². The second-order valence-corrected chi connectivity index (χ2v) is 5.65. The number of benzene rings is 1. The van der Waals surface area contributed by atoms with Crippen LogP contribution in [-0.2, 0) is 6.42 Å². The summed E-state index contributed by atoms with van der Waals surface area (Å²) in [5.41, 5.74) is 1.63. The van der Waals surface area contributed by atoms with Crippen LogP contribution in [-0.4, -0.2) is 41.8 Å². The summed E-state index contributed by atoms with van der Waals surface area (Å²) in [5, 5.41) is 13.1. The molecule has 1 unspecified atom stereocenters. The van der Waals surface area contributed by atoms with Gasteiger partial charge in [0.05, 0.1) is 18.4 Å². The molecule has 1 fully saturated rings. The number of rotatable bonds is 1. The Morgan fingerprint density at radius 3 is 3.15 bits per heavy atom. The van der Waals surface area contributed by atoms with Gasteiger partial charge in [-0.05, 0) is 25.0 Å². The van der Waals surface area contributed by atoms with Crippen molar-refractivity contribution < 1.29 is 14.6 Å². The van der Waals surface area contributed by atoms with Gasteiger partial charge in [-0.25, -0.2) is 4.79 Å². The van der Waals surface area contributed by atoms with Gasteiger partial charge in [0.2, 0.25) is 0 Å². The summed E-state index contributed by atoms with van der Waals surface area (Å²) < 4.78 is 5.55. The molecule has 2 aliphatic rings. The Balaban J connectivity index is 1.76. The van der Waals surface area contributed by atoms with Crippen molar-refractivity contribution in [3.8, 4) is 5.75 Å². The Hall–Kier alpha value is -1.46. The summed E-state index contributed by atoms with van der Waals surface area (Å²) in [6, 6.07) is 3.34. The van der Waals surface area contributed by atoms with Crippen LogP contribution in [0, 0.1) is 0 Å². The summed E-state index contributed by atoms with van der Waals surface area (Å²) in [6.45, 7) is 1.64. The van der Waals surface area contributed by atoms with Gasteiger partial charge in [-0.15, -0.1) is 0 Å². The van der Waals surface area contributed by atoms with Gasteiger partial charge in [-0.3, -0.25) is 0 Å². The van der Waals surface area contributed by atoms with Crippen LogP contribution in [0.15, 0.2) is 12.1 Å². The Labute approximate surface area is 122 Å². The fraction of sp³-hybridized carbons (Fsp3) is 0.500. The topological polar surface area (TPSA) is 61.8 Å². The molecule has 1 aromatic carbocycles. The summed E-state index contributed by atoms with van der Waals surface area (Å²) in [5.74, 6) is 0.709. The highest BCUT2D eigenvalue weighted by atomic mass is 35.5. The number of fused-ring (bicyclic) bond motifs is 1. The third kappa shape index (κ3) is 2.69. The molecular weight excluding hydrogens is 280 g/mol. The Bertz CT molecular complexity index is 535. The molecule has 2 aliphatic heterocycles. The number of carbonyl (C=O) groups is 1. The predicted octanol–water partition coefficient (Wildman–Crippen LogP) is 2.26. The van der Waals surface area contributed by atoms with Gasteiger partial charge in [-0.2, -0.15) is 0 Å². The maximum absolute atomic E-state index is 12.2. The number of hydrogen-bond donors (Lipinski definition) is 2. The van der Waals surface area contributed by atoms with Crippen molar-refractivity contribution in [1.29, 1.82) is 0 Å². The summed E-state index contributed by atoms with van der Waals surface area (Å²) in [4.78, 5) is 13.9. The average molecular weight is 297 g/mol. The predicted molar refractivity (Wildman–Crippen MR) is 76.5 cm³/mol. The van der Waals surface area contributed by atoms with Crippen LogP contribution in [0.2, 0.25) is 5.02 Å². The molecule has 1 aromatic rings. The molecule has 2 amide bonds. The molecule has 2 N–H and O–H groups in total. The summed E-state index contributed by atoms with van der Waals surface area (Å²) in [7, 11) is 0. The molecule has 5 nitrogen and oxygen atoms in total. The summed E-state index contributed by atoms with van der Waals surface area (Å²) in [6.07, 6.45) is 1.94. The van der Waals surface area contributed by atoms with Gasteiger partial charge in [0.1, 0.15) is 5.75 Å². The van der Waals surface area contributed by atoms with Crippen LogP contribution in [0.3, 0.4) is 0 Å². The molecule has 0 aliphatic carbocycles. The molecule has 108 valence electrons. The van der Waals surface area contributed by atoms with Gasteiger partial charge in [0.25, 0.3) is 0 Å². The molecule has 6 heteroatoms. The van der Waals surface area contributed by atoms with Crippen molar-refractivity contribution in [2.24, 2.45) is 0 Å². The number of urea groups is 1. The lowest BCUT2D eigenvalue weighted by Crippen LogP contribution is -2.44. The van der Waals surface area contributed by atoms with E-state index in [1.165, 1.54) is 0 Å². The van der Waals surface area contributed by atoms with E-state index in [9.17, 15) is 9.90 Å². The number of ether oxygens (including phenoxy) is 1. The SMILES string of the molecule is O=C(Nc1cc(Cl)cc2c1OCC2)N1CCCC(O)C1. The average Bonchev–Trinajstić information content (AvgIpc) is 2.86. The van der Waals surface area contributed by atoms with E-state index in [1.807, 2.05) is 6.07 Å². The molecule has 0 spiro atoms. The van der Waals surface area contributed by atoms with Gasteiger partial charge >= 0.3 is 6.03 Å². The first-order valence-electron chi connectivity index (χ1n) is 6.82. The number of halogens is 1. The number of hydrogen-bond acceptors (Lipinski definition) is 3. The van der Waals surface area contributed by atoms with Crippen molar-refractivity contribution in [2.75, 3.05) is 25.0 Å². The Morgan fingerprint density at radius 1 is 1.50 bits per heavy atom. The maximum atomic E-state index is 12.2. The molecule has 0 radical (unpaired) electrons. The number of likely N-dealkylation sites (tertiary alicyclic amines) is 1. The third-order valence-corrected chi connectivity index (χ3v) is 3.89. The van der Waals surface area contributed by atoms with Crippen molar-refractivity contribution >= 4 is 23.3 Å². The zero-order valence-corrected chi connectivity index (χ0v) is 11.8. The Morgan fingerprint density at radius 2 is 2.35 bits per heavy atom. The van der Waals surface area contributed by atoms with Crippen LogP contribution in [0.1, 0.15) is 18.4 Å². The Kier molecular flexibility index (Phi) is 3.72. The smallest absolute Gasteiger partial charge is 0.322 e. The number of nitrogens with one attached hydrogen (secondary N) is 1. The largest absolute Gasteiger partial charge is 0.491 e. The number of anilines is 1. The van der Waals surface area contributed by atoms with Gasteiger partial charge in [0, 0.05) is 30.1 Å². The standard InChI is InChI=1S/C14H17ClN2O3/c15-10-6-9-3-5-20-13(9)12(7-10)16-14(19)17-4-1-2-11(18)8-17/h6-7,11,18H,1-5,8H2,(H,16,19). The lowest BCUT2D eigenvalue weighted by atomic mass is 10.1. The van der Waals surface area contributed by atoms with E-state index in [0.717, 1.165) is 24.8 Å². The number of nitrogens with zero attached hydrogens (tertiary/aromatic N) is 1. The van der Waals surface area contributed by atoms with Crippen molar-refractivity contribution in [2.45, 2.75) is 25.4 Å². The second-order valence-electron chi connectivity index (χ2n) is 5.21. The monoisotopic (exact) mass is 296 g/mol. The quantitative estimate of drug-likeness (QED) is 0.835. The van der Waals surface area contributed by atoms with Crippen molar-refractivity contribution in [3.63, 3.8) is 0 Å². The molecule has 3 rings (SSSR count). The van der Waals surface area contributed by atoms with Crippen LogP contribution >= 0.6 is 11.6 Å². The minimum atomic E-state index is -0.434.